The van der Waals surface area contributed by atoms with Gasteiger partial charge in [0.05, 0.1) is 5.56 Å². The van der Waals surface area contributed by atoms with Crippen molar-refractivity contribution < 1.29 is 41.0 Å². The van der Waals surface area contributed by atoms with E-state index in [0.29, 0.717) is 6.07 Å². The van der Waals surface area contributed by atoms with Crippen molar-refractivity contribution in [2.45, 2.75) is 18.5 Å². The summed E-state index contributed by atoms with van der Waals surface area (Å²) in [5.74, 6) is 0. The molecular weight excluding hydrogens is 360 g/mol. The molecule has 1 aromatic carbocycles. The summed E-state index contributed by atoms with van der Waals surface area (Å²) in [4.78, 5) is 10.8. The number of carbonyl (C=O) groups excluding carboxylic acids is 1. The number of hydrogen-bond acceptors (Lipinski definition) is 5. The summed E-state index contributed by atoms with van der Waals surface area (Å²) in [6.07, 6.45) is -13.5. The van der Waals surface area contributed by atoms with Gasteiger partial charge in [-0.05, 0) is 12.1 Å². The van der Waals surface area contributed by atoms with Gasteiger partial charge in [0.15, 0.2) is 6.10 Å². The van der Waals surface area contributed by atoms with Crippen molar-refractivity contribution in [3.8, 4) is 0 Å². The topological polar surface area (TPSA) is 83.0 Å². The smallest absolute Gasteiger partial charge is 0.428 e. The minimum absolute atomic E-state index is 0.00646. The molecule has 1 amide bonds. The second-order valence-electron chi connectivity index (χ2n) is 4.94. The van der Waals surface area contributed by atoms with Crippen molar-refractivity contribution in [1.29, 1.82) is 0 Å². The van der Waals surface area contributed by atoms with Crippen LogP contribution in [0.5, 0.6) is 0 Å². The number of nitrogens with one attached hydrogen (secondary N) is 2. The van der Waals surface area contributed by atoms with Crippen molar-refractivity contribution in [3.05, 3.63) is 29.3 Å². The summed E-state index contributed by atoms with van der Waals surface area (Å²) in [7, 11) is 0. The number of aliphatic hydroxyl groups excluding tert-OH is 1. The van der Waals surface area contributed by atoms with Crippen LogP contribution in [-0.4, -0.2) is 42.3 Å². The van der Waals surface area contributed by atoms with Crippen molar-refractivity contribution in [2.75, 3.05) is 18.5 Å². The maximum atomic E-state index is 13.2. The van der Waals surface area contributed by atoms with Crippen molar-refractivity contribution >= 4 is 17.5 Å². The highest BCUT2D eigenvalue weighted by Crippen LogP contribution is 2.36. The number of hydrogen-bond donors (Lipinski definition) is 3. The molecule has 12 heteroatoms. The molecule has 1 aromatic rings. The summed E-state index contributed by atoms with van der Waals surface area (Å²) >= 11 is 0. The van der Waals surface area contributed by atoms with E-state index in [1.165, 1.54) is 0 Å². The first-order valence-corrected chi connectivity index (χ1v) is 6.68. The van der Waals surface area contributed by atoms with Crippen molar-refractivity contribution in [1.82, 2.24) is 5.43 Å². The summed E-state index contributed by atoms with van der Waals surface area (Å²) < 4.78 is 80.8. The average molecular weight is 371 g/mol. The second kappa shape index (κ2) is 6.78. The molecule has 25 heavy (non-hydrogen) atoms. The van der Waals surface area contributed by atoms with Crippen LogP contribution < -0.4 is 10.7 Å². The van der Waals surface area contributed by atoms with Crippen LogP contribution in [0.25, 0.3) is 0 Å². The quantitative estimate of drug-likeness (QED) is 0.711. The van der Waals surface area contributed by atoms with Crippen LogP contribution in [0, 0.1) is 0 Å². The van der Waals surface area contributed by atoms with E-state index < -0.39 is 42.3 Å². The molecule has 3 N–H and O–H groups in total. The number of anilines is 1. The zero-order chi connectivity index (χ0) is 18.8. The number of rotatable bonds is 4. The molecule has 6 nitrogen and oxygen atoms in total. The Bertz CT molecular complexity index is 687. The van der Waals surface area contributed by atoms with Gasteiger partial charge in [-0.3, -0.25) is 0 Å². The zero-order valence-electron chi connectivity index (χ0n) is 12.2. The van der Waals surface area contributed by atoms with Crippen molar-refractivity contribution in [2.24, 2.45) is 5.10 Å². The highest BCUT2D eigenvalue weighted by molar-refractivity contribution is 6.04. The fourth-order valence-electron chi connectivity index (χ4n) is 1.89. The van der Waals surface area contributed by atoms with E-state index in [-0.39, 0.29) is 17.9 Å². The Kier molecular flexibility index (Phi) is 5.11. The monoisotopic (exact) mass is 371 g/mol. The first kappa shape index (κ1) is 18.8. The maximum absolute atomic E-state index is 13.2. The van der Waals surface area contributed by atoms with Crippen LogP contribution in [0.2, 0.25) is 0 Å². The first-order valence-electron chi connectivity index (χ1n) is 6.68. The van der Waals surface area contributed by atoms with Gasteiger partial charge in [-0.15, -0.1) is 0 Å². The highest BCUT2D eigenvalue weighted by atomic mass is 19.4. The average Bonchev–Trinajstić information content (AvgIpc) is 2.51. The van der Waals surface area contributed by atoms with Gasteiger partial charge in [-0.25, -0.2) is 10.2 Å². The standard InChI is InChI=1S/C13H11F6N3O3/c14-12(15,16)7-3-6(9-5-25-11(24)22-21-9)1-2-8(7)20-4-10(23)13(17,18)19/h1-3,10,20,23H,4-5H2,(H,22,24)/t10-/m1/s1. The minimum atomic E-state index is -4.96. The highest BCUT2D eigenvalue weighted by Gasteiger charge is 2.39. The maximum Gasteiger partial charge on any atom is 0.428 e. The Balaban J connectivity index is 2.27. The van der Waals surface area contributed by atoms with Crippen LogP contribution in [0.4, 0.5) is 36.8 Å². The summed E-state index contributed by atoms with van der Waals surface area (Å²) in [5.41, 5.74) is 0.0163. The third kappa shape index (κ3) is 4.75. The molecule has 0 fully saturated rings. The predicted octanol–water partition coefficient (Wildman–Crippen LogP) is 2.48. The fourth-order valence-corrected chi connectivity index (χ4v) is 1.89. The molecule has 0 saturated carbocycles. The first-order chi connectivity index (χ1) is 11.5. The van der Waals surface area contributed by atoms with Gasteiger partial charge in [0, 0.05) is 17.8 Å². The second-order valence-corrected chi connectivity index (χ2v) is 4.94. The molecule has 1 atom stereocenters. The Morgan fingerprint density at radius 1 is 1.28 bits per heavy atom. The molecule has 1 aliphatic rings. The molecule has 1 heterocycles. The van der Waals surface area contributed by atoms with E-state index in [2.05, 4.69) is 9.84 Å². The lowest BCUT2D eigenvalue weighted by atomic mass is 10.0. The molecule has 0 spiro atoms. The Hall–Kier alpha value is -2.50. The fraction of sp³-hybridized carbons (Fsp3) is 0.385. The van der Waals surface area contributed by atoms with E-state index in [1.807, 2.05) is 10.7 Å². The van der Waals surface area contributed by atoms with Gasteiger partial charge < -0.3 is 15.2 Å². The summed E-state index contributed by atoms with van der Waals surface area (Å²) in [6.45, 7) is -1.51. The van der Waals surface area contributed by atoms with Crippen molar-refractivity contribution in [3.63, 3.8) is 0 Å². The lowest BCUT2D eigenvalue weighted by molar-refractivity contribution is -0.198. The molecule has 0 unspecified atom stereocenters. The number of benzene rings is 1. The molecular formula is C13H11F6N3O3. The van der Waals surface area contributed by atoms with Gasteiger partial charge in [-0.2, -0.15) is 31.4 Å². The number of nitrogens with zero attached hydrogens (tertiary/aromatic N) is 1. The van der Waals surface area contributed by atoms with Gasteiger partial charge in [0.2, 0.25) is 0 Å². The van der Waals surface area contributed by atoms with Crippen LogP contribution in [0.15, 0.2) is 23.3 Å². The zero-order valence-corrected chi connectivity index (χ0v) is 12.2. The third-order valence-corrected chi connectivity index (χ3v) is 3.14. The van der Waals surface area contributed by atoms with E-state index in [0.717, 1.165) is 12.1 Å². The normalized spacial score (nSPS) is 16.6. The Morgan fingerprint density at radius 3 is 2.48 bits per heavy atom. The van der Waals surface area contributed by atoms with E-state index in [4.69, 9.17) is 5.11 Å². The van der Waals surface area contributed by atoms with E-state index in [1.54, 1.807) is 0 Å². The molecule has 2 rings (SSSR count). The van der Waals surface area contributed by atoms with Crippen LogP contribution in [0.1, 0.15) is 11.1 Å². The minimum Gasteiger partial charge on any atom is -0.442 e. The molecule has 1 aliphatic heterocycles. The molecule has 0 aliphatic carbocycles. The summed E-state index contributed by atoms with van der Waals surface area (Å²) in [5, 5.41) is 14.4. The lowest BCUT2D eigenvalue weighted by Gasteiger charge is -2.20. The van der Waals surface area contributed by atoms with Crippen LogP contribution in [0.3, 0.4) is 0 Å². The number of ether oxygens (including phenoxy) is 1. The van der Waals surface area contributed by atoms with Crippen LogP contribution >= 0.6 is 0 Å². The largest absolute Gasteiger partial charge is 0.442 e. The molecule has 0 saturated heterocycles. The Morgan fingerprint density at radius 2 is 1.96 bits per heavy atom. The third-order valence-electron chi connectivity index (χ3n) is 3.14. The number of halogens is 6. The number of hydrazone groups is 1. The molecule has 0 bridgehead atoms. The Labute approximate surface area is 136 Å². The number of aliphatic hydroxyl groups is 1. The summed E-state index contributed by atoms with van der Waals surface area (Å²) in [6, 6.07) is 2.72. The number of amides is 1. The van der Waals surface area contributed by atoms with E-state index >= 15 is 0 Å². The predicted molar refractivity (Wildman–Crippen MR) is 73.0 cm³/mol. The van der Waals surface area contributed by atoms with Gasteiger partial charge in [-0.1, -0.05) is 6.07 Å². The van der Waals surface area contributed by atoms with E-state index in [9.17, 15) is 31.1 Å². The van der Waals surface area contributed by atoms with Crippen LogP contribution in [-0.2, 0) is 10.9 Å². The lowest BCUT2D eigenvalue weighted by Crippen LogP contribution is -2.35. The van der Waals surface area contributed by atoms with Gasteiger partial charge in [0.1, 0.15) is 12.3 Å². The molecule has 0 aromatic heterocycles. The van der Waals surface area contributed by atoms with Gasteiger partial charge >= 0.3 is 18.4 Å². The molecule has 138 valence electrons. The van der Waals surface area contributed by atoms with Gasteiger partial charge in [0.25, 0.3) is 0 Å². The number of carbonyl (C=O) groups is 1. The number of alkyl halides is 6. The number of cyclic esters (lactones) is 1. The SMILES string of the molecule is O=C1NN=C(c2ccc(NC[C@@H](O)C(F)(F)F)c(C(F)(F)F)c2)CO1. The molecule has 0 radical (unpaired) electrons.